The van der Waals surface area contributed by atoms with E-state index in [1.54, 1.807) is 25.3 Å². The van der Waals surface area contributed by atoms with Gasteiger partial charge in [0.2, 0.25) is 0 Å². The summed E-state index contributed by atoms with van der Waals surface area (Å²) in [7, 11) is 1.69. The summed E-state index contributed by atoms with van der Waals surface area (Å²) in [5.74, 6) is 1.34. The summed E-state index contributed by atoms with van der Waals surface area (Å²) in [5.41, 5.74) is 0. The average molecular weight is 348 g/mol. The zero-order valence-corrected chi connectivity index (χ0v) is 14.5. The Kier molecular flexibility index (Phi) is 9.79. The van der Waals surface area contributed by atoms with Crippen LogP contribution in [0.25, 0.3) is 0 Å². The van der Waals surface area contributed by atoms with Crippen LogP contribution in [0.1, 0.15) is 13.3 Å². The summed E-state index contributed by atoms with van der Waals surface area (Å²) in [6.45, 7) is 5.32. The van der Waals surface area contributed by atoms with Crippen LogP contribution in [0.3, 0.4) is 0 Å². The predicted octanol–water partition coefficient (Wildman–Crippen LogP) is 2.96. The summed E-state index contributed by atoms with van der Waals surface area (Å²) in [6, 6.07) is 5.32. The lowest BCUT2D eigenvalue weighted by atomic mass is 10.3. The van der Waals surface area contributed by atoms with Gasteiger partial charge < -0.3 is 20.1 Å². The Morgan fingerprint density at radius 3 is 2.77 bits per heavy atom. The predicted molar refractivity (Wildman–Crippen MR) is 92.4 cm³/mol. The number of rotatable bonds is 9. The van der Waals surface area contributed by atoms with E-state index in [0.29, 0.717) is 42.1 Å². The van der Waals surface area contributed by atoms with Gasteiger partial charge in [-0.1, -0.05) is 29.3 Å². The third-order valence-corrected chi connectivity index (χ3v) is 3.49. The average Bonchev–Trinajstić information content (AvgIpc) is 2.51. The molecule has 5 nitrogen and oxygen atoms in total. The van der Waals surface area contributed by atoms with Crippen molar-refractivity contribution >= 4 is 29.2 Å². The fourth-order valence-corrected chi connectivity index (χ4v) is 2.01. The van der Waals surface area contributed by atoms with Crippen LogP contribution in [-0.4, -0.2) is 45.9 Å². The summed E-state index contributed by atoms with van der Waals surface area (Å²) in [4.78, 5) is 4.44. The number of benzene rings is 1. The maximum atomic E-state index is 6.06. The smallest absolute Gasteiger partial charge is 0.191 e. The van der Waals surface area contributed by atoms with Gasteiger partial charge in [-0.2, -0.15) is 0 Å². The molecule has 0 saturated carbocycles. The fraction of sp³-hybridized carbons (Fsp3) is 0.533. The second kappa shape index (κ2) is 11.4. The minimum atomic E-state index is 0.435. The van der Waals surface area contributed by atoms with E-state index >= 15 is 0 Å². The fourth-order valence-electron chi connectivity index (χ4n) is 1.67. The van der Waals surface area contributed by atoms with Gasteiger partial charge in [0.1, 0.15) is 17.4 Å². The highest BCUT2D eigenvalue weighted by molar-refractivity contribution is 6.42. The third kappa shape index (κ3) is 7.20. The van der Waals surface area contributed by atoms with Crippen LogP contribution in [0.5, 0.6) is 5.75 Å². The van der Waals surface area contributed by atoms with E-state index in [0.717, 1.165) is 18.9 Å². The summed E-state index contributed by atoms with van der Waals surface area (Å²) in [5, 5.41) is 7.29. The molecule has 2 N–H and O–H groups in total. The summed E-state index contributed by atoms with van der Waals surface area (Å²) in [6.07, 6.45) is 0.891. The second-order valence-corrected chi connectivity index (χ2v) is 5.22. The van der Waals surface area contributed by atoms with Gasteiger partial charge in [-0.3, -0.25) is 4.99 Å². The Morgan fingerprint density at radius 1 is 1.23 bits per heavy atom. The molecule has 0 saturated heterocycles. The monoisotopic (exact) mass is 347 g/mol. The molecule has 0 aromatic heterocycles. The van der Waals surface area contributed by atoms with Gasteiger partial charge >= 0.3 is 0 Å². The zero-order chi connectivity index (χ0) is 16.2. The largest absolute Gasteiger partial charge is 0.490 e. The summed E-state index contributed by atoms with van der Waals surface area (Å²) < 4.78 is 10.6. The van der Waals surface area contributed by atoms with Crippen molar-refractivity contribution in [1.82, 2.24) is 10.6 Å². The lowest BCUT2D eigenvalue weighted by molar-refractivity contribution is 0.197. The quantitative estimate of drug-likeness (QED) is 0.409. The van der Waals surface area contributed by atoms with Gasteiger partial charge in [-0.25, -0.2) is 0 Å². The maximum absolute atomic E-state index is 6.06. The van der Waals surface area contributed by atoms with E-state index in [1.165, 1.54) is 0 Å². The highest BCUT2D eigenvalue weighted by atomic mass is 35.5. The van der Waals surface area contributed by atoms with Crippen molar-refractivity contribution in [1.29, 1.82) is 0 Å². The minimum Gasteiger partial charge on any atom is -0.490 e. The van der Waals surface area contributed by atoms with Gasteiger partial charge in [-0.05, 0) is 25.5 Å². The Hall–Kier alpha value is -1.17. The van der Waals surface area contributed by atoms with Crippen molar-refractivity contribution in [2.24, 2.45) is 4.99 Å². The lowest BCUT2D eigenvalue weighted by Gasteiger charge is -2.13. The van der Waals surface area contributed by atoms with Gasteiger partial charge in [0.25, 0.3) is 0 Å². The van der Waals surface area contributed by atoms with Crippen LogP contribution in [0.15, 0.2) is 23.2 Å². The molecular weight excluding hydrogens is 325 g/mol. The molecule has 124 valence electrons. The molecule has 22 heavy (non-hydrogen) atoms. The first kappa shape index (κ1) is 18.9. The highest BCUT2D eigenvalue weighted by Gasteiger charge is 2.05. The van der Waals surface area contributed by atoms with Crippen molar-refractivity contribution in [3.05, 3.63) is 28.2 Å². The number of methoxy groups -OCH3 is 1. The van der Waals surface area contributed by atoms with E-state index in [2.05, 4.69) is 15.6 Å². The molecule has 0 heterocycles. The maximum Gasteiger partial charge on any atom is 0.191 e. The van der Waals surface area contributed by atoms with E-state index in [4.69, 9.17) is 32.7 Å². The molecule has 0 unspecified atom stereocenters. The normalized spacial score (nSPS) is 11.4. The van der Waals surface area contributed by atoms with Crippen LogP contribution in [0.2, 0.25) is 10.0 Å². The van der Waals surface area contributed by atoms with Gasteiger partial charge in [0.15, 0.2) is 5.96 Å². The molecule has 1 aromatic carbocycles. The minimum absolute atomic E-state index is 0.435. The first-order valence-electron chi connectivity index (χ1n) is 7.27. The molecule has 0 radical (unpaired) electrons. The number of nitrogens with one attached hydrogen (secondary N) is 2. The molecule has 0 aliphatic carbocycles. The van der Waals surface area contributed by atoms with E-state index in [9.17, 15) is 0 Å². The number of hydrogen-bond donors (Lipinski definition) is 2. The highest BCUT2D eigenvalue weighted by Crippen LogP contribution is 2.31. The van der Waals surface area contributed by atoms with Crippen LogP contribution >= 0.6 is 23.2 Å². The van der Waals surface area contributed by atoms with E-state index in [1.807, 2.05) is 6.92 Å². The van der Waals surface area contributed by atoms with Crippen molar-refractivity contribution in [3.8, 4) is 5.75 Å². The number of ether oxygens (including phenoxy) is 2. The molecule has 0 aliphatic heterocycles. The molecule has 0 bridgehead atoms. The van der Waals surface area contributed by atoms with Crippen LogP contribution < -0.4 is 15.4 Å². The molecule has 0 aliphatic rings. The molecular formula is C15H23Cl2N3O2. The van der Waals surface area contributed by atoms with Crippen LogP contribution in [0.4, 0.5) is 0 Å². The second-order valence-electron chi connectivity index (χ2n) is 4.43. The number of guanidine groups is 1. The van der Waals surface area contributed by atoms with E-state index < -0.39 is 0 Å². The van der Waals surface area contributed by atoms with Gasteiger partial charge in [-0.15, -0.1) is 0 Å². The first-order chi connectivity index (χ1) is 10.7. The Balaban J connectivity index is 2.34. The standard InChI is InChI=1S/C15H23Cl2N3O2/c1-3-18-15(19-8-5-10-21-2)20-9-11-22-13-7-4-6-12(16)14(13)17/h4,6-7H,3,5,8-11H2,1-2H3,(H2,18,19,20). The van der Waals surface area contributed by atoms with Crippen molar-refractivity contribution in [2.75, 3.05) is 40.0 Å². The van der Waals surface area contributed by atoms with E-state index in [-0.39, 0.29) is 0 Å². The Bertz CT molecular complexity index is 470. The van der Waals surface area contributed by atoms with Crippen LogP contribution in [0, 0.1) is 0 Å². The van der Waals surface area contributed by atoms with Gasteiger partial charge in [0, 0.05) is 26.8 Å². The summed E-state index contributed by atoms with van der Waals surface area (Å²) >= 11 is 12.0. The molecule has 1 aromatic rings. The number of nitrogens with zero attached hydrogens (tertiary/aromatic N) is 1. The van der Waals surface area contributed by atoms with Crippen LogP contribution in [-0.2, 0) is 4.74 Å². The number of aliphatic imine (C=N–C) groups is 1. The molecule has 0 fully saturated rings. The third-order valence-electron chi connectivity index (χ3n) is 2.69. The van der Waals surface area contributed by atoms with Crippen molar-refractivity contribution in [3.63, 3.8) is 0 Å². The van der Waals surface area contributed by atoms with Gasteiger partial charge in [0.05, 0.1) is 11.6 Å². The SMILES string of the molecule is CCNC(=NCCCOC)NCCOc1cccc(Cl)c1Cl. The molecule has 0 atom stereocenters. The zero-order valence-electron chi connectivity index (χ0n) is 13.0. The van der Waals surface area contributed by atoms with Crippen molar-refractivity contribution in [2.45, 2.75) is 13.3 Å². The number of halogens is 2. The number of hydrogen-bond acceptors (Lipinski definition) is 3. The topological polar surface area (TPSA) is 54.9 Å². The Morgan fingerprint density at radius 2 is 2.05 bits per heavy atom. The lowest BCUT2D eigenvalue weighted by Crippen LogP contribution is -2.39. The molecule has 0 amide bonds. The Labute approximate surface area is 142 Å². The molecule has 1 rings (SSSR count). The molecule has 0 spiro atoms. The van der Waals surface area contributed by atoms with Crippen molar-refractivity contribution < 1.29 is 9.47 Å². The first-order valence-corrected chi connectivity index (χ1v) is 8.02. The molecule has 7 heteroatoms.